The average molecular weight is 551 g/mol. The third-order valence-corrected chi connectivity index (χ3v) is 5.49. The lowest BCUT2D eigenvalue weighted by molar-refractivity contribution is 0.0448. The summed E-state index contributed by atoms with van der Waals surface area (Å²) in [5.74, 6) is 0.707. The Balaban J connectivity index is 0.00000900. The van der Waals surface area contributed by atoms with Gasteiger partial charge in [0.25, 0.3) is 0 Å². The number of aliphatic imine (C=N–C) groups is 1. The molecule has 31 heavy (non-hydrogen) atoms. The number of hydrogen-bond donors (Lipinski definition) is 3. The summed E-state index contributed by atoms with van der Waals surface area (Å²) < 4.78 is 7.37. The number of nitrogens with one attached hydrogen (secondary N) is 3. The third-order valence-electron chi connectivity index (χ3n) is 5.49. The summed E-state index contributed by atoms with van der Waals surface area (Å²) in [5, 5.41) is 14.4. The molecule has 0 spiro atoms. The number of rotatable bonds is 8. The maximum atomic E-state index is 12.3. The molecule has 1 aromatic rings. The minimum absolute atomic E-state index is 0. The molecule has 0 saturated heterocycles. The fourth-order valence-electron chi connectivity index (χ4n) is 3.39. The second kappa shape index (κ2) is 12.5. The van der Waals surface area contributed by atoms with Crippen molar-refractivity contribution < 1.29 is 9.53 Å². The largest absolute Gasteiger partial charge is 0.444 e. The molecule has 8 nitrogen and oxygen atoms in total. The fourth-order valence-corrected chi connectivity index (χ4v) is 3.39. The quantitative estimate of drug-likeness (QED) is 0.260. The fraction of sp³-hybridized carbons (Fsp3) is 0.773. The SMILES string of the molecule is CCC(CC)(CNC(=NC)NC(C)Cc1c(C)nn(C)c1C)NC(=O)OC(C)(C)C.I. The number of alkyl carbamates (subject to hydrolysis) is 1. The van der Waals surface area contributed by atoms with Gasteiger partial charge in [0.1, 0.15) is 5.60 Å². The van der Waals surface area contributed by atoms with Crippen LogP contribution in [-0.4, -0.2) is 52.6 Å². The molecule has 1 unspecified atom stereocenters. The first-order chi connectivity index (χ1) is 13.9. The number of carbonyl (C=O) groups excluding carboxylic acids is 1. The minimum atomic E-state index is -0.527. The Labute approximate surface area is 205 Å². The van der Waals surface area contributed by atoms with E-state index in [4.69, 9.17) is 4.74 Å². The third kappa shape index (κ3) is 9.24. The second-order valence-corrected chi connectivity index (χ2v) is 9.06. The molecule has 0 fully saturated rings. The van der Waals surface area contributed by atoms with Crippen LogP contribution in [0.1, 0.15) is 71.3 Å². The maximum Gasteiger partial charge on any atom is 0.408 e. The van der Waals surface area contributed by atoms with Gasteiger partial charge in [-0.2, -0.15) is 5.10 Å². The summed E-state index contributed by atoms with van der Waals surface area (Å²) in [6, 6.07) is 0.175. The highest BCUT2D eigenvalue weighted by atomic mass is 127. The van der Waals surface area contributed by atoms with Gasteiger partial charge in [-0.05, 0) is 66.4 Å². The second-order valence-electron chi connectivity index (χ2n) is 9.06. The molecular weight excluding hydrogens is 507 g/mol. The molecule has 0 aliphatic heterocycles. The number of hydrogen-bond acceptors (Lipinski definition) is 4. The Morgan fingerprint density at radius 1 is 1.23 bits per heavy atom. The number of guanidine groups is 1. The summed E-state index contributed by atoms with van der Waals surface area (Å²) in [6.45, 7) is 16.5. The number of nitrogens with zero attached hydrogens (tertiary/aromatic N) is 3. The number of amides is 1. The Morgan fingerprint density at radius 2 is 1.81 bits per heavy atom. The van der Waals surface area contributed by atoms with Gasteiger partial charge in [0, 0.05) is 32.4 Å². The van der Waals surface area contributed by atoms with Gasteiger partial charge in [-0.3, -0.25) is 9.67 Å². The van der Waals surface area contributed by atoms with Gasteiger partial charge in [0.2, 0.25) is 0 Å². The van der Waals surface area contributed by atoms with Crippen molar-refractivity contribution in [2.75, 3.05) is 13.6 Å². The van der Waals surface area contributed by atoms with Gasteiger partial charge >= 0.3 is 6.09 Å². The van der Waals surface area contributed by atoms with E-state index in [2.05, 4.69) is 53.7 Å². The zero-order valence-electron chi connectivity index (χ0n) is 21.0. The highest BCUT2D eigenvalue weighted by Gasteiger charge is 2.30. The molecule has 0 radical (unpaired) electrons. The van der Waals surface area contributed by atoms with E-state index in [0.29, 0.717) is 12.5 Å². The van der Waals surface area contributed by atoms with Crippen LogP contribution in [0.3, 0.4) is 0 Å². The van der Waals surface area contributed by atoms with Gasteiger partial charge in [0.15, 0.2) is 5.96 Å². The van der Waals surface area contributed by atoms with Gasteiger partial charge in [-0.15, -0.1) is 24.0 Å². The molecule has 0 saturated carbocycles. The number of halogens is 1. The van der Waals surface area contributed by atoms with E-state index >= 15 is 0 Å². The molecule has 1 amide bonds. The van der Waals surface area contributed by atoms with Crippen molar-refractivity contribution in [3.63, 3.8) is 0 Å². The molecule has 0 aromatic carbocycles. The van der Waals surface area contributed by atoms with E-state index in [-0.39, 0.29) is 30.0 Å². The molecule has 9 heteroatoms. The summed E-state index contributed by atoms with van der Waals surface area (Å²) in [4.78, 5) is 16.7. The average Bonchev–Trinajstić information content (AvgIpc) is 2.88. The number of carbonyl (C=O) groups is 1. The summed E-state index contributed by atoms with van der Waals surface area (Å²) >= 11 is 0. The number of ether oxygens (including phenoxy) is 1. The van der Waals surface area contributed by atoms with Crippen LogP contribution in [0.5, 0.6) is 0 Å². The molecule has 0 aliphatic carbocycles. The topological polar surface area (TPSA) is 92.6 Å². The smallest absolute Gasteiger partial charge is 0.408 e. The van der Waals surface area contributed by atoms with Crippen molar-refractivity contribution in [2.45, 2.75) is 91.8 Å². The van der Waals surface area contributed by atoms with Crippen molar-refractivity contribution in [1.29, 1.82) is 0 Å². The van der Waals surface area contributed by atoms with Gasteiger partial charge in [0.05, 0.1) is 11.2 Å². The van der Waals surface area contributed by atoms with Crippen molar-refractivity contribution in [3.8, 4) is 0 Å². The van der Waals surface area contributed by atoms with E-state index in [0.717, 1.165) is 25.0 Å². The summed E-state index contributed by atoms with van der Waals surface area (Å²) in [6.07, 6.45) is 2.01. The van der Waals surface area contributed by atoms with Crippen molar-refractivity contribution in [2.24, 2.45) is 12.0 Å². The predicted molar refractivity (Wildman–Crippen MR) is 138 cm³/mol. The normalized spacial score (nSPS) is 13.3. The monoisotopic (exact) mass is 550 g/mol. The van der Waals surface area contributed by atoms with Gasteiger partial charge in [-0.25, -0.2) is 4.79 Å². The predicted octanol–water partition coefficient (Wildman–Crippen LogP) is 3.83. The molecule has 180 valence electrons. The van der Waals surface area contributed by atoms with Gasteiger partial charge < -0.3 is 20.7 Å². The Hall–Kier alpha value is -1.52. The van der Waals surface area contributed by atoms with E-state index in [9.17, 15) is 4.79 Å². The zero-order chi connectivity index (χ0) is 23.1. The van der Waals surface area contributed by atoms with Crippen molar-refractivity contribution in [3.05, 3.63) is 17.0 Å². The molecule has 0 aliphatic rings. The highest BCUT2D eigenvalue weighted by molar-refractivity contribution is 14.0. The highest BCUT2D eigenvalue weighted by Crippen LogP contribution is 2.17. The summed E-state index contributed by atoms with van der Waals surface area (Å²) in [7, 11) is 3.72. The zero-order valence-corrected chi connectivity index (χ0v) is 23.3. The molecule has 1 rings (SSSR count). The first-order valence-corrected chi connectivity index (χ1v) is 10.8. The molecule has 1 atom stereocenters. The molecule has 3 N–H and O–H groups in total. The van der Waals surface area contributed by atoms with Crippen LogP contribution in [0.4, 0.5) is 4.79 Å². The first-order valence-electron chi connectivity index (χ1n) is 10.8. The van der Waals surface area contributed by atoms with Crippen LogP contribution >= 0.6 is 24.0 Å². The maximum absolute atomic E-state index is 12.3. The molecule has 1 heterocycles. The van der Waals surface area contributed by atoms with Crippen molar-refractivity contribution in [1.82, 2.24) is 25.7 Å². The van der Waals surface area contributed by atoms with Crippen LogP contribution in [0, 0.1) is 13.8 Å². The van der Waals surface area contributed by atoms with Crippen LogP contribution in [0.25, 0.3) is 0 Å². The number of aryl methyl sites for hydroxylation is 2. The van der Waals surface area contributed by atoms with E-state index in [1.54, 1.807) is 7.05 Å². The standard InChI is InChI=1S/C22H42N6O2.HI/c1-11-22(12-2,26-20(29)30-21(6,7)8)14-24-19(23-9)25-15(3)13-18-16(4)27-28(10)17(18)5;/h15H,11-14H2,1-10H3,(H,26,29)(H2,23,24,25);1H. The van der Waals surface area contributed by atoms with E-state index in [1.165, 1.54) is 11.3 Å². The molecular formula is C22H43IN6O2. The van der Waals surface area contributed by atoms with Crippen molar-refractivity contribution >= 4 is 36.0 Å². The lowest BCUT2D eigenvalue weighted by Crippen LogP contribution is -2.57. The first kappa shape index (κ1) is 29.5. The van der Waals surface area contributed by atoms with E-state index < -0.39 is 17.2 Å². The number of aromatic nitrogens is 2. The van der Waals surface area contributed by atoms with Gasteiger partial charge in [-0.1, -0.05) is 13.8 Å². The van der Waals surface area contributed by atoms with Crippen LogP contribution in [0.15, 0.2) is 4.99 Å². The minimum Gasteiger partial charge on any atom is -0.444 e. The van der Waals surface area contributed by atoms with Crippen LogP contribution < -0.4 is 16.0 Å². The molecule has 0 bridgehead atoms. The van der Waals surface area contributed by atoms with E-state index in [1.807, 2.05) is 39.4 Å². The lowest BCUT2D eigenvalue weighted by atomic mass is 9.93. The Kier molecular flexibility index (Phi) is 11.9. The Bertz CT molecular complexity index is 735. The lowest BCUT2D eigenvalue weighted by Gasteiger charge is -2.34. The molecule has 1 aromatic heterocycles. The Morgan fingerprint density at radius 3 is 2.23 bits per heavy atom. The van der Waals surface area contributed by atoms with Crippen LogP contribution in [0.2, 0.25) is 0 Å². The summed E-state index contributed by atoms with van der Waals surface area (Å²) in [5.41, 5.74) is 2.56. The van der Waals surface area contributed by atoms with Crippen LogP contribution in [-0.2, 0) is 18.2 Å².